The minimum Gasteiger partial charge on any atom is -0.534 e. The Bertz CT molecular complexity index is 1010. The number of carbonyl (C=O) groups is 2. The van der Waals surface area contributed by atoms with E-state index >= 15 is 0 Å². The molecule has 0 saturated heterocycles. The number of hydrogen-bond donors (Lipinski definition) is 3. The van der Waals surface area contributed by atoms with Gasteiger partial charge in [-0.05, 0) is 43.2 Å². The highest BCUT2D eigenvalue weighted by atomic mass is 16.5. The number of Topliss-reactive ketones (excluding diaryl/α,β-unsaturated/α-hetero) is 1. The van der Waals surface area contributed by atoms with Crippen molar-refractivity contribution in [2.75, 3.05) is 0 Å². The van der Waals surface area contributed by atoms with E-state index in [1.54, 1.807) is 30.5 Å². The molecule has 0 spiro atoms. The van der Waals surface area contributed by atoms with Crippen LogP contribution < -0.4 is 9.97 Å². The molecular weight excluding hydrogens is 331 g/mol. The zero-order valence-electron chi connectivity index (χ0n) is 14.2. The van der Waals surface area contributed by atoms with Gasteiger partial charge in [0.05, 0.1) is 11.5 Å². The number of H-pyrrole nitrogens is 1. The lowest BCUT2D eigenvalue weighted by Gasteiger charge is -2.29. The number of hydrogen-bond acceptors (Lipinski definition) is 4. The van der Waals surface area contributed by atoms with Crippen molar-refractivity contribution in [1.82, 2.24) is 10.3 Å². The maximum atomic E-state index is 12.7. The van der Waals surface area contributed by atoms with Gasteiger partial charge < -0.3 is 20.0 Å². The maximum Gasteiger partial charge on any atom is 0.547 e. The van der Waals surface area contributed by atoms with Gasteiger partial charge in [0.2, 0.25) is 0 Å². The average molecular weight is 348 g/mol. The lowest BCUT2D eigenvalue weighted by atomic mass is 9.72. The van der Waals surface area contributed by atoms with Crippen LogP contribution in [0.4, 0.5) is 0 Å². The molecule has 1 aromatic heterocycles. The van der Waals surface area contributed by atoms with Crippen molar-refractivity contribution >= 4 is 29.7 Å². The molecule has 0 aliphatic carbocycles. The predicted octanol–water partition coefficient (Wildman–Crippen LogP) is 2.12. The molecule has 0 saturated carbocycles. The van der Waals surface area contributed by atoms with Crippen LogP contribution >= 0.6 is 0 Å². The fourth-order valence-corrected chi connectivity index (χ4v) is 3.35. The number of rotatable bonds is 3. The fourth-order valence-electron chi connectivity index (χ4n) is 3.35. The summed E-state index contributed by atoms with van der Waals surface area (Å²) in [4.78, 5) is 27.5. The molecule has 1 amide bonds. The lowest BCUT2D eigenvalue weighted by Crippen LogP contribution is -2.53. The summed E-state index contributed by atoms with van der Waals surface area (Å²) >= 11 is 0. The van der Waals surface area contributed by atoms with Gasteiger partial charge in [-0.2, -0.15) is 0 Å². The number of aromatic nitrogens is 1. The highest BCUT2D eigenvalue weighted by Gasteiger charge is 2.37. The summed E-state index contributed by atoms with van der Waals surface area (Å²) in [6.07, 6.45) is 2.16. The quantitative estimate of drug-likeness (QED) is 0.500. The third kappa shape index (κ3) is 2.76. The van der Waals surface area contributed by atoms with E-state index in [4.69, 9.17) is 4.65 Å². The van der Waals surface area contributed by atoms with Gasteiger partial charge >= 0.3 is 7.12 Å². The first-order chi connectivity index (χ1) is 12.5. The van der Waals surface area contributed by atoms with Crippen molar-refractivity contribution in [3.05, 3.63) is 65.4 Å². The maximum absolute atomic E-state index is 12.7. The summed E-state index contributed by atoms with van der Waals surface area (Å²) in [6, 6.07) is 12.5. The second-order valence-corrected chi connectivity index (χ2v) is 6.39. The Morgan fingerprint density at radius 1 is 1.19 bits per heavy atom. The van der Waals surface area contributed by atoms with Crippen molar-refractivity contribution in [2.45, 2.75) is 19.3 Å². The minimum absolute atomic E-state index is 0.129. The van der Waals surface area contributed by atoms with Gasteiger partial charge in [0, 0.05) is 22.7 Å². The Morgan fingerprint density at radius 2 is 1.96 bits per heavy atom. The molecule has 130 valence electrons. The molecule has 26 heavy (non-hydrogen) atoms. The van der Waals surface area contributed by atoms with Crippen molar-refractivity contribution < 1.29 is 19.3 Å². The van der Waals surface area contributed by atoms with Crippen molar-refractivity contribution in [3.63, 3.8) is 0 Å². The SMILES string of the molecule is CC(=O)c1cccc2c1OB(O)[C@@H](NC(=O)c1cccc3[nH]ccc13)C2. The van der Waals surface area contributed by atoms with E-state index in [9.17, 15) is 14.6 Å². The fraction of sp³-hybridized carbons (Fsp3) is 0.158. The number of nitrogens with one attached hydrogen (secondary N) is 2. The summed E-state index contributed by atoms with van der Waals surface area (Å²) in [5, 5.41) is 14.0. The highest BCUT2D eigenvalue weighted by molar-refractivity contribution is 6.47. The van der Waals surface area contributed by atoms with E-state index in [1.165, 1.54) is 6.92 Å². The molecule has 2 aromatic carbocycles. The first-order valence-electron chi connectivity index (χ1n) is 8.39. The molecule has 4 rings (SSSR count). The van der Waals surface area contributed by atoms with Gasteiger partial charge in [0.15, 0.2) is 5.78 Å². The molecule has 0 fully saturated rings. The number of amides is 1. The van der Waals surface area contributed by atoms with E-state index in [0.29, 0.717) is 23.3 Å². The summed E-state index contributed by atoms with van der Waals surface area (Å²) < 4.78 is 5.56. The van der Waals surface area contributed by atoms with Crippen molar-refractivity contribution in [1.29, 1.82) is 0 Å². The molecule has 0 radical (unpaired) electrons. The van der Waals surface area contributed by atoms with Crippen LogP contribution in [-0.2, 0) is 6.42 Å². The Hall–Kier alpha value is -3.06. The molecule has 0 bridgehead atoms. The summed E-state index contributed by atoms with van der Waals surface area (Å²) in [7, 11) is -1.22. The molecule has 1 atom stereocenters. The molecule has 7 heteroatoms. The van der Waals surface area contributed by atoms with Crippen LogP contribution in [0.15, 0.2) is 48.7 Å². The topological polar surface area (TPSA) is 91.4 Å². The van der Waals surface area contributed by atoms with Crippen molar-refractivity contribution in [3.8, 4) is 5.75 Å². The average Bonchev–Trinajstić information content (AvgIpc) is 3.10. The minimum atomic E-state index is -1.22. The second-order valence-electron chi connectivity index (χ2n) is 6.39. The van der Waals surface area contributed by atoms with Crippen molar-refractivity contribution in [2.24, 2.45) is 0 Å². The zero-order valence-corrected chi connectivity index (χ0v) is 14.2. The van der Waals surface area contributed by atoms with E-state index < -0.39 is 13.1 Å². The standard InChI is InChI=1S/C19H17BN2O4/c1-11(23)13-5-2-4-12-10-17(20(25)26-18(12)13)22-19(24)15-6-3-7-16-14(15)8-9-21-16/h2-9,17,21,25H,10H2,1H3,(H,22,24)/t17-/m0/s1. The first-order valence-corrected chi connectivity index (χ1v) is 8.39. The number of carbonyl (C=O) groups excluding carboxylic acids is 2. The summed E-state index contributed by atoms with van der Waals surface area (Å²) in [5.41, 5.74) is 2.62. The van der Waals surface area contributed by atoms with Crippen LogP contribution in [0.3, 0.4) is 0 Å². The molecule has 3 aromatic rings. The van der Waals surface area contributed by atoms with E-state index in [2.05, 4.69) is 10.3 Å². The Kier molecular flexibility index (Phi) is 4.01. The van der Waals surface area contributed by atoms with Gasteiger partial charge in [0.1, 0.15) is 5.75 Å². The van der Waals surface area contributed by atoms with Crippen LogP contribution in [0.1, 0.15) is 33.2 Å². The third-order valence-corrected chi connectivity index (χ3v) is 4.65. The summed E-state index contributed by atoms with van der Waals surface area (Å²) in [6.45, 7) is 1.46. The number of ketones is 1. The first kappa shape index (κ1) is 16.4. The van der Waals surface area contributed by atoms with Crippen LogP contribution in [0.5, 0.6) is 5.75 Å². The van der Waals surface area contributed by atoms with Crippen LogP contribution in [0.25, 0.3) is 10.9 Å². The largest absolute Gasteiger partial charge is 0.547 e. The Labute approximate surface area is 150 Å². The molecule has 1 aliphatic heterocycles. The molecule has 0 unspecified atom stereocenters. The number of benzene rings is 2. The monoisotopic (exact) mass is 348 g/mol. The van der Waals surface area contributed by atoms with Crippen LogP contribution in [0, 0.1) is 0 Å². The van der Waals surface area contributed by atoms with Gasteiger partial charge in [0.25, 0.3) is 5.91 Å². The van der Waals surface area contributed by atoms with Gasteiger partial charge in [-0.3, -0.25) is 9.59 Å². The van der Waals surface area contributed by atoms with Gasteiger partial charge in [-0.15, -0.1) is 0 Å². The zero-order chi connectivity index (χ0) is 18.3. The number of para-hydroxylation sites is 1. The van der Waals surface area contributed by atoms with Crippen LogP contribution in [0.2, 0.25) is 0 Å². The van der Waals surface area contributed by atoms with E-state index in [1.807, 2.05) is 18.2 Å². The van der Waals surface area contributed by atoms with E-state index in [0.717, 1.165) is 16.5 Å². The number of aromatic amines is 1. The van der Waals surface area contributed by atoms with Gasteiger partial charge in [-0.1, -0.05) is 18.2 Å². The Balaban J connectivity index is 1.60. The molecule has 2 heterocycles. The predicted molar refractivity (Wildman–Crippen MR) is 98.3 cm³/mol. The lowest BCUT2D eigenvalue weighted by molar-refractivity contribution is 0.0940. The molecular formula is C19H17BN2O4. The Morgan fingerprint density at radius 3 is 2.77 bits per heavy atom. The normalized spacial score (nSPS) is 16.1. The second kappa shape index (κ2) is 6.35. The highest BCUT2D eigenvalue weighted by Crippen LogP contribution is 2.30. The molecule has 6 nitrogen and oxygen atoms in total. The smallest absolute Gasteiger partial charge is 0.534 e. The summed E-state index contributed by atoms with van der Waals surface area (Å²) in [5.74, 6) is -0.623. The van der Waals surface area contributed by atoms with Gasteiger partial charge in [-0.25, -0.2) is 0 Å². The van der Waals surface area contributed by atoms with E-state index in [-0.39, 0.29) is 11.7 Å². The molecule has 3 N–H and O–H groups in total. The third-order valence-electron chi connectivity index (χ3n) is 4.65. The molecule has 1 aliphatic rings. The van der Waals surface area contributed by atoms with Crippen LogP contribution in [-0.4, -0.2) is 34.8 Å². The number of fused-ring (bicyclic) bond motifs is 2.